The molecule has 0 atom stereocenters. The van der Waals surface area contributed by atoms with Gasteiger partial charge in [-0.3, -0.25) is 0 Å². The molecule has 0 amide bonds. The van der Waals surface area contributed by atoms with Crippen LogP contribution < -0.4 is 0 Å². The fraction of sp³-hybridized carbons (Fsp3) is 0.0909. The van der Waals surface area contributed by atoms with E-state index in [4.69, 9.17) is 0 Å². The minimum atomic E-state index is 0.596. The molecule has 0 spiro atoms. The lowest BCUT2D eigenvalue weighted by Gasteiger charge is -2.05. The molecule has 1 aromatic heterocycles. The van der Waals surface area contributed by atoms with Crippen LogP contribution in [0.25, 0.3) is 10.8 Å². The van der Waals surface area contributed by atoms with Crippen LogP contribution >= 0.6 is 0 Å². The van der Waals surface area contributed by atoms with E-state index in [1.807, 2.05) is 4.57 Å². The van der Waals surface area contributed by atoms with E-state index < -0.39 is 0 Å². The smallest absolute Gasteiger partial charge is 0.120 e. The van der Waals surface area contributed by atoms with Crippen molar-refractivity contribution in [2.24, 2.45) is 0 Å². The third-order valence-corrected chi connectivity index (χ3v) is 4.12. The Labute approximate surface area is 147 Å². The van der Waals surface area contributed by atoms with Crippen molar-refractivity contribution in [2.75, 3.05) is 0 Å². The van der Waals surface area contributed by atoms with Gasteiger partial charge in [-0.1, -0.05) is 66.4 Å². The zero-order valence-electron chi connectivity index (χ0n) is 13.8. The summed E-state index contributed by atoms with van der Waals surface area (Å²) < 4.78 is 1.85. The summed E-state index contributed by atoms with van der Waals surface area (Å²) in [6, 6.07) is 23.5. The first-order valence-electron chi connectivity index (χ1n) is 8.25. The van der Waals surface area contributed by atoms with Gasteiger partial charge in [0.05, 0.1) is 6.54 Å². The molecule has 1 heterocycles. The van der Waals surface area contributed by atoms with E-state index in [-0.39, 0.29) is 0 Å². The van der Waals surface area contributed by atoms with Gasteiger partial charge in [-0.05, 0) is 40.5 Å². The van der Waals surface area contributed by atoms with E-state index in [1.165, 1.54) is 21.9 Å². The number of rotatable bonds is 3. The van der Waals surface area contributed by atoms with E-state index in [0.717, 1.165) is 12.0 Å². The van der Waals surface area contributed by atoms with Crippen LogP contribution in [0.15, 0.2) is 79.4 Å². The van der Waals surface area contributed by atoms with Crippen molar-refractivity contribution in [1.82, 2.24) is 14.8 Å². The van der Waals surface area contributed by atoms with Crippen LogP contribution in [-0.4, -0.2) is 14.8 Å². The predicted octanol–water partition coefficient (Wildman–Crippen LogP) is 4.07. The number of aromatic nitrogens is 3. The van der Waals surface area contributed by atoms with Gasteiger partial charge in [-0.25, -0.2) is 0 Å². The molecule has 0 unspecified atom stereocenters. The summed E-state index contributed by atoms with van der Waals surface area (Å²) in [6.07, 6.45) is 4.29. The predicted molar refractivity (Wildman–Crippen MR) is 100 cm³/mol. The minimum Gasteiger partial charge on any atom is -0.308 e. The largest absolute Gasteiger partial charge is 0.308 e. The van der Waals surface area contributed by atoms with Crippen molar-refractivity contribution in [3.63, 3.8) is 0 Å². The van der Waals surface area contributed by atoms with Gasteiger partial charge in [0.15, 0.2) is 0 Å². The van der Waals surface area contributed by atoms with E-state index in [1.54, 1.807) is 12.7 Å². The molecule has 3 aromatic carbocycles. The number of nitrogens with zero attached hydrogens (tertiary/aromatic N) is 3. The maximum Gasteiger partial charge on any atom is 0.120 e. The number of fused-ring (bicyclic) bond motifs is 1. The maximum atomic E-state index is 3.78. The molecular formula is C22H17N3. The second-order valence-corrected chi connectivity index (χ2v) is 5.99. The van der Waals surface area contributed by atoms with E-state index in [9.17, 15) is 0 Å². The molecule has 0 aliphatic heterocycles. The van der Waals surface area contributed by atoms with Gasteiger partial charge in [0.25, 0.3) is 0 Å². The van der Waals surface area contributed by atoms with Crippen molar-refractivity contribution < 1.29 is 0 Å². The highest BCUT2D eigenvalue weighted by atomic mass is 15.2. The number of hydrogen-bond donors (Lipinski definition) is 0. The topological polar surface area (TPSA) is 30.7 Å². The summed E-state index contributed by atoms with van der Waals surface area (Å²) in [5.41, 5.74) is 3.66. The van der Waals surface area contributed by atoms with E-state index in [2.05, 4.69) is 88.8 Å². The van der Waals surface area contributed by atoms with Crippen LogP contribution in [0.1, 0.15) is 16.7 Å². The van der Waals surface area contributed by atoms with Crippen molar-refractivity contribution in [3.05, 3.63) is 96.1 Å². The van der Waals surface area contributed by atoms with Crippen LogP contribution in [-0.2, 0) is 13.0 Å². The molecule has 4 aromatic rings. The Hall–Kier alpha value is -3.38. The first-order valence-corrected chi connectivity index (χ1v) is 8.25. The van der Waals surface area contributed by atoms with Gasteiger partial charge >= 0.3 is 0 Å². The van der Waals surface area contributed by atoms with Crippen LogP contribution in [0.5, 0.6) is 0 Å². The average molecular weight is 323 g/mol. The second-order valence-electron chi connectivity index (χ2n) is 5.99. The molecule has 0 saturated heterocycles. The van der Waals surface area contributed by atoms with Gasteiger partial charge in [0, 0.05) is 5.56 Å². The summed E-state index contributed by atoms with van der Waals surface area (Å²) in [5, 5.41) is 10.0. The lowest BCUT2D eigenvalue weighted by molar-refractivity contribution is 0.836. The summed E-state index contributed by atoms with van der Waals surface area (Å²) in [7, 11) is 0. The third kappa shape index (κ3) is 3.76. The third-order valence-electron chi connectivity index (χ3n) is 4.12. The van der Waals surface area contributed by atoms with Crippen LogP contribution in [0, 0.1) is 11.8 Å². The Balaban J connectivity index is 1.57. The Morgan fingerprint density at radius 3 is 2.40 bits per heavy atom. The highest BCUT2D eigenvalue weighted by molar-refractivity contribution is 5.84. The summed E-state index contributed by atoms with van der Waals surface area (Å²) in [5.74, 6) is 6.37. The SMILES string of the molecule is C(#Cc1ccc2ccc(Cc3ccccc3)cc2c1)Cn1cnnc1. The quantitative estimate of drug-likeness (QED) is 0.532. The molecule has 120 valence electrons. The summed E-state index contributed by atoms with van der Waals surface area (Å²) in [4.78, 5) is 0. The van der Waals surface area contributed by atoms with Gasteiger partial charge in [0.1, 0.15) is 12.7 Å². The van der Waals surface area contributed by atoms with E-state index in [0.29, 0.717) is 6.54 Å². The molecule has 3 nitrogen and oxygen atoms in total. The first kappa shape index (κ1) is 15.2. The van der Waals surface area contributed by atoms with Gasteiger partial charge in [-0.15, -0.1) is 10.2 Å². The first-order chi connectivity index (χ1) is 12.4. The molecule has 0 bridgehead atoms. The molecular weight excluding hydrogens is 306 g/mol. The molecule has 3 heteroatoms. The van der Waals surface area contributed by atoms with Crippen molar-refractivity contribution >= 4 is 10.8 Å². The van der Waals surface area contributed by atoms with Gasteiger partial charge < -0.3 is 4.57 Å². The standard InChI is InChI=1S/C22H17N3/c1-2-5-18(6-3-1)13-20-9-11-21-10-8-19(14-22(21)15-20)7-4-12-25-16-23-24-17-25/h1-3,5-6,8-11,14-17H,12-13H2. The van der Waals surface area contributed by atoms with E-state index >= 15 is 0 Å². The fourth-order valence-electron chi connectivity index (χ4n) is 2.85. The zero-order chi connectivity index (χ0) is 16.9. The maximum absolute atomic E-state index is 3.78. The van der Waals surface area contributed by atoms with Crippen LogP contribution in [0.2, 0.25) is 0 Å². The highest BCUT2D eigenvalue weighted by Gasteiger charge is 2.00. The Kier molecular flexibility index (Phi) is 4.26. The number of hydrogen-bond acceptors (Lipinski definition) is 2. The molecule has 4 rings (SSSR count). The van der Waals surface area contributed by atoms with Crippen molar-refractivity contribution in [1.29, 1.82) is 0 Å². The van der Waals surface area contributed by atoms with Crippen molar-refractivity contribution in [2.45, 2.75) is 13.0 Å². The van der Waals surface area contributed by atoms with Crippen LogP contribution in [0.4, 0.5) is 0 Å². The highest BCUT2D eigenvalue weighted by Crippen LogP contribution is 2.19. The zero-order valence-corrected chi connectivity index (χ0v) is 13.8. The molecule has 0 saturated carbocycles. The van der Waals surface area contributed by atoms with Crippen molar-refractivity contribution in [3.8, 4) is 11.8 Å². The molecule has 0 N–H and O–H groups in total. The molecule has 0 fully saturated rings. The normalized spacial score (nSPS) is 10.4. The molecule has 0 aliphatic rings. The lowest BCUT2D eigenvalue weighted by atomic mass is 10.00. The summed E-state index contributed by atoms with van der Waals surface area (Å²) >= 11 is 0. The Morgan fingerprint density at radius 1 is 0.760 bits per heavy atom. The lowest BCUT2D eigenvalue weighted by Crippen LogP contribution is -1.90. The molecule has 0 radical (unpaired) electrons. The Morgan fingerprint density at radius 2 is 1.56 bits per heavy atom. The Bertz CT molecular complexity index is 1040. The van der Waals surface area contributed by atoms with Gasteiger partial charge in [0.2, 0.25) is 0 Å². The fourth-order valence-corrected chi connectivity index (χ4v) is 2.85. The van der Waals surface area contributed by atoms with Crippen LogP contribution in [0.3, 0.4) is 0 Å². The van der Waals surface area contributed by atoms with Gasteiger partial charge in [-0.2, -0.15) is 0 Å². The second kappa shape index (κ2) is 7.02. The average Bonchev–Trinajstić information content (AvgIpc) is 3.16. The molecule has 25 heavy (non-hydrogen) atoms. The molecule has 0 aliphatic carbocycles. The summed E-state index contributed by atoms with van der Waals surface area (Å²) in [6.45, 7) is 0.596. The minimum absolute atomic E-state index is 0.596. The number of benzene rings is 3. The monoisotopic (exact) mass is 323 g/mol.